The predicted molar refractivity (Wildman–Crippen MR) is 130 cm³/mol. The summed E-state index contributed by atoms with van der Waals surface area (Å²) in [5.74, 6) is 0.666. The average Bonchev–Trinajstić information content (AvgIpc) is 3.12. The van der Waals surface area contributed by atoms with E-state index in [4.69, 9.17) is 4.74 Å². The predicted octanol–water partition coefficient (Wildman–Crippen LogP) is 6.22. The van der Waals surface area contributed by atoms with E-state index in [1.807, 2.05) is 79.7 Å². The molecule has 4 aromatic rings. The number of carbonyl (C=O) groups excluding carboxylic acids is 1. The first-order valence-corrected chi connectivity index (χ1v) is 10.6. The fourth-order valence-corrected chi connectivity index (χ4v) is 3.83. The van der Waals surface area contributed by atoms with Crippen molar-refractivity contribution in [3.05, 3.63) is 114 Å². The summed E-state index contributed by atoms with van der Waals surface area (Å²) >= 11 is 0. The third-order valence-electron chi connectivity index (χ3n) is 5.53. The third-order valence-corrected chi connectivity index (χ3v) is 5.53. The van der Waals surface area contributed by atoms with E-state index in [-0.39, 0.29) is 5.91 Å². The number of carbonyl (C=O) groups is 1. The molecule has 0 fully saturated rings. The van der Waals surface area contributed by atoms with Crippen molar-refractivity contribution in [2.75, 3.05) is 5.01 Å². The van der Waals surface area contributed by atoms with Gasteiger partial charge in [0, 0.05) is 0 Å². The van der Waals surface area contributed by atoms with E-state index in [0.717, 1.165) is 22.6 Å². The molecule has 0 N–H and O–H groups in total. The van der Waals surface area contributed by atoms with Crippen molar-refractivity contribution >= 4 is 34.2 Å². The Morgan fingerprint density at radius 1 is 0.844 bits per heavy atom. The fraction of sp³-hybridized carbons (Fsp3) is 0.0714. The van der Waals surface area contributed by atoms with Gasteiger partial charge >= 0.3 is 0 Å². The summed E-state index contributed by atoms with van der Waals surface area (Å²) in [5.41, 5.74) is 4.14. The smallest absolute Gasteiger partial charge is 0.280 e. The van der Waals surface area contributed by atoms with Gasteiger partial charge in [-0.2, -0.15) is 10.1 Å². The molecule has 1 aliphatic rings. The summed E-state index contributed by atoms with van der Waals surface area (Å²) in [6.45, 7) is 2.35. The molecule has 1 heterocycles. The van der Waals surface area contributed by atoms with Crippen LogP contribution in [0.1, 0.15) is 18.1 Å². The van der Waals surface area contributed by atoms with Crippen LogP contribution >= 0.6 is 0 Å². The molecule has 4 aromatic carbocycles. The second-order valence-corrected chi connectivity index (χ2v) is 7.69. The van der Waals surface area contributed by atoms with Crippen molar-refractivity contribution in [1.29, 1.82) is 0 Å². The maximum absolute atomic E-state index is 12.9. The number of hydrazone groups is 1. The summed E-state index contributed by atoms with van der Waals surface area (Å²) in [6, 6.07) is 31.8. The van der Waals surface area contributed by atoms with Gasteiger partial charge in [-0.05, 0) is 59.2 Å². The highest BCUT2D eigenvalue weighted by Gasteiger charge is 2.28. The molecule has 0 radical (unpaired) electrons. The molecule has 1 aliphatic heterocycles. The molecule has 0 spiro atoms. The number of ether oxygens (including phenoxy) is 1. The molecule has 4 heteroatoms. The molecule has 32 heavy (non-hydrogen) atoms. The molecule has 5 rings (SSSR count). The topological polar surface area (TPSA) is 41.9 Å². The van der Waals surface area contributed by atoms with E-state index in [0.29, 0.717) is 17.9 Å². The van der Waals surface area contributed by atoms with Crippen LogP contribution in [0, 0.1) is 0 Å². The zero-order valence-corrected chi connectivity index (χ0v) is 17.7. The van der Waals surface area contributed by atoms with E-state index < -0.39 is 0 Å². The second-order valence-electron chi connectivity index (χ2n) is 7.69. The van der Waals surface area contributed by atoms with Crippen LogP contribution in [0.3, 0.4) is 0 Å². The molecule has 0 aromatic heterocycles. The van der Waals surface area contributed by atoms with Gasteiger partial charge in [0.1, 0.15) is 12.4 Å². The minimum Gasteiger partial charge on any atom is -0.489 e. The van der Waals surface area contributed by atoms with E-state index in [1.54, 1.807) is 0 Å². The van der Waals surface area contributed by atoms with Gasteiger partial charge in [-0.25, -0.2) is 0 Å². The number of amides is 1. The molecule has 4 nitrogen and oxygen atoms in total. The highest BCUT2D eigenvalue weighted by atomic mass is 16.5. The van der Waals surface area contributed by atoms with Gasteiger partial charge in [-0.15, -0.1) is 0 Å². The van der Waals surface area contributed by atoms with Crippen molar-refractivity contribution < 1.29 is 9.53 Å². The van der Waals surface area contributed by atoms with E-state index in [9.17, 15) is 4.79 Å². The number of para-hydroxylation sites is 1. The summed E-state index contributed by atoms with van der Waals surface area (Å²) < 4.78 is 6.02. The monoisotopic (exact) mass is 418 g/mol. The normalized spacial score (nSPS) is 14.8. The highest BCUT2D eigenvalue weighted by Crippen LogP contribution is 2.26. The first-order chi connectivity index (χ1) is 15.7. The molecule has 1 amide bonds. The van der Waals surface area contributed by atoms with Gasteiger partial charge < -0.3 is 4.74 Å². The van der Waals surface area contributed by atoms with Crippen molar-refractivity contribution in [1.82, 2.24) is 0 Å². The molecular formula is C28H22N2O2. The average molecular weight is 418 g/mol. The quantitative estimate of drug-likeness (QED) is 0.361. The molecule has 0 saturated carbocycles. The van der Waals surface area contributed by atoms with Gasteiger partial charge in [-0.1, -0.05) is 72.8 Å². The molecule has 0 atom stereocenters. The SMILES string of the molecule is CC1=NN(c2ccccc2)C(=O)/C1=C/c1ccc(OCc2cccc3ccccc23)cc1. The van der Waals surface area contributed by atoms with Crippen molar-refractivity contribution in [3.8, 4) is 5.75 Å². The Kier molecular flexibility index (Phi) is 5.26. The maximum atomic E-state index is 12.9. The van der Waals surface area contributed by atoms with Crippen LogP contribution in [0.4, 0.5) is 5.69 Å². The summed E-state index contributed by atoms with van der Waals surface area (Å²) in [5, 5.41) is 8.29. The van der Waals surface area contributed by atoms with Crippen molar-refractivity contribution in [2.45, 2.75) is 13.5 Å². The number of rotatable bonds is 5. The third kappa shape index (κ3) is 3.91. The number of nitrogens with zero attached hydrogens (tertiary/aromatic N) is 2. The molecular weight excluding hydrogens is 396 g/mol. The second kappa shape index (κ2) is 8.52. The Bertz CT molecular complexity index is 1330. The molecule has 0 aliphatic carbocycles. The molecule has 0 unspecified atom stereocenters. The van der Waals surface area contributed by atoms with Crippen LogP contribution in [0.5, 0.6) is 5.75 Å². The van der Waals surface area contributed by atoms with Crippen LogP contribution in [-0.4, -0.2) is 11.6 Å². The number of fused-ring (bicyclic) bond motifs is 1. The van der Waals surface area contributed by atoms with Crippen LogP contribution in [0.15, 0.2) is 108 Å². The summed E-state index contributed by atoms with van der Waals surface area (Å²) in [7, 11) is 0. The maximum Gasteiger partial charge on any atom is 0.280 e. The van der Waals surface area contributed by atoms with Crippen LogP contribution < -0.4 is 9.75 Å². The standard InChI is InChI=1S/C28H22N2O2/c1-20-27(28(31)30(29-20)24-11-3-2-4-12-24)18-21-14-16-25(17-15-21)32-19-23-10-7-9-22-8-5-6-13-26(22)23/h2-18H,19H2,1H3/b27-18+. The Hall–Kier alpha value is -4.18. The first kappa shape index (κ1) is 19.8. The number of hydrogen-bond acceptors (Lipinski definition) is 3. The Morgan fingerprint density at radius 2 is 1.56 bits per heavy atom. The van der Waals surface area contributed by atoms with Crippen molar-refractivity contribution in [2.24, 2.45) is 5.10 Å². The van der Waals surface area contributed by atoms with Crippen LogP contribution in [0.2, 0.25) is 0 Å². The zero-order chi connectivity index (χ0) is 21.9. The Morgan fingerprint density at radius 3 is 2.38 bits per heavy atom. The minimum atomic E-state index is -0.120. The molecule has 156 valence electrons. The Balaban J connectivity index is 1.30. The minimum absolute atomic E-state index is 0.120. The van der Waals surface area contributed by atoms with Crippen LogP contribution in [0.25, 0.3) is 16.8 Å². The Labute approximate surface area is 187 Å². The number of benzene rings is 4. The zero-order valence-electron chi connectivity index (χ0n) is 17.7. The number of anilines is 1. The largest absolute Gasteiger partial charge is 0.489 e. The molecule has 0 bridgehead atoms. The van der Waals surface area contributed by atoms with E-state index in [1.165, 1.54) is 15.8 Å². The van der Waals surface area contributed by atoms with Gasteiger partial charge in [0.25, 0.3) is 5.91 Å². The summed E-state index contributed by atoms with van der Waals surface area (Å²) in [6.07, 6.45) is 1.87. The van der Waals surface area contributed by atoms with Crippen molar-refractivity contribution in [3.63, 3.8) is 0 Å². The van der Waals surface area contributed by atoms with Gasteiger partial charge in [-0.3, -0.25) is 4.79 Å². The highest BCUT2D eigenvalue weighted by molar-refractivity contribution is 6.32. The lowest BCUT2D eigenvalue weighted by atomic mass is 10.1. The van der Waals surface area contributed by atoms with Gasteiger partial charge in [0.15, 0.2) is 0 Å². The van der Waals surface area contributed by atoms with Gasteiger partial charge in [0.05, 0.1) is 17.0 Å². The van der Waals surface area contributed by atoms with E-state index in [2.05, 4.69) is 35.4 Å². The van der Waals surface area contributed by atoms with Crippen LogP contribution in [-0.2, 0) is 11.4 Å². The number of hydrogen-bond donors (Lipinski definition) is 0. The fourth-order valence-electron chi connectivity index (χ4n) is 3.83. The lowest BCUT2D eigenvalue weighted by Crippen LogP contribution is -2.21. The van der Waals surface area contributed by atoms with Gasteiger partial charge in [0.2, 0.25) is 0 Å². The molecule has 0 saturated heterocycles. The first-order valence-electron chi connectivity index (χ1n) is 10.6. The lowest BCUT2D eigenvalue weighted by molar-refractivity contribution is -0.114. The van der Waals surface area contributed by atoms with E-state index >= 15 is 0 Å². The lowest BCUT2D eigenvalue weighted by Gasteiger charge is -2.11. The summed E-state index contributed by atoms with van der Waals surface area (Å²) in [4.78, 5) is 12.9.